The van der Waals surface area contributed by atoms with Crippen LogP contribution in [-0.2, 0) is 10.8 Å². The molecule has 0 aliphatic heterocycles. The maximum absolute atomic E-state index is 11.0. The van der Waals surface area contributed by atoms with Crippen LogP contribution in [0, 0.1) is 0 Å². The van der Waals surface area contributed by atoms with E-state index in [1.54, 1.807) is 6.26 Å². The van der Waals surface area contributed by atoms with E-state index < -0.39 is 10.8 Å². The SMILES string of the molecule is CSCCCNCCC(C)S(C)=O. The van der Waals surface area contributed by atoms with Crippen molar-refractivity contribution in [2.45, 2.75) is 25.0 Å². The van der Waals surface area contributed by atoms with E-state index in [1.807, 2.05) is 18.7 Å². The van der Waals surface area contributed by atoms with Crippen LogP contribution >= 0.6 is 11.8 Å². The first-order valence-corrected chi connectivity index (χ1v) is 7.72. The first kappa shape index (κ1) is 13.5. The van der Waals surface area contributed by atoms with Crippen LogP contribution in [0.5, 0.6) is 0 Å². The molecule has 80 valence electrons. The Bertz CT molecular complexity index is 142. The first-order chi connectivity index (χ1) is 6.18. The molecule has 0 aliphatic rings. The molecular formula is C9H21NOS2. The van der Waals surface area contributed by atoms with Crippen molar-refractivity contribution < 1.29 is 4.21 Å². The average molecular weight is 223 g/mol. The van der Waals surface area contributed by atoms with Gasteiger partial charge < -0.3 is 5.32 Å². The van der Waals surface area contributed by atoms with Crippen LogP contribution in [0.1, 0.15) is 19.8 Å². The summed E-state index contributed by atoms with van der Waals surface area (Å²) in [5.41, 5.74) is 0. The predicted molar refractivity (Wildman–Crippen MR) is 64.0 cm³/mol. The first-order valence-electron chi connectivity index (χ1n) is 4.70. The second-order valence-electron chi connectivity index (χ2n) is 3.19. The summed E-state index contributed by atoms with van der Waals surface area (Å²) >= 11 is 1.88. The van der Waals surface area contributed by atoms with Gasteiger partial charge in [-0.25, -0.2) is 0 Å². The minimum absolute atomic E-state index is 0.327. The Hall–Kier alpha value is 0.460. The molecule has 13 heavy (non-hydrogen) atoms. The van der Waals surface area contributed by atoms with Crippen LogP contribution < -0.4 is 5.32 Å². The molecule has 0 amide bonds. The van der Waals surface area contributed by atoms with Crippen molar-refractivity contribution in [2.24, 2.45) is 0 Å². The molecule has 0 saturated carbocycles. The summed E-state index contributed by atoms with van der Waals surface area (Å²) < 4.78 is 11.0. The number of hydrogen-bond donors (Lipinski definition) is 1. The highest BCUT2D eigenvalue weighted by atomic mass is 32.2. The van der Waals surface area contributed by atoms with Crippen molar-refractivity contribution in [3.8, 4) is 0 Å². The van der Waals surface area contributed by atoms with Gasteiger partial charge in [-0.15, -0.1) is 0 Å². The molecule has 0 aromatic rings. The molecule has 2 unspecified atom stereocenters. The van der Waals surface area contributed by atoms with Crippen LogP contribution in [0.15, 0.2) is 0 Å². The molecule has 0 saturated heterocycles. The standard InChI is InChI=1S/C9H21NOS2/c1-9(13(3)11)5-7-10-6-4-8-12-2/h9-10H,4-8H2,1-3H3. The average Bonchev–Trinajstić information content (AvgIpc) is 2.10. The minimum Gasteiger partial charge on any atom is -0.317 e. The zero-order chi connectivity index (χ0) is 10.1. The lowest BCUT2D eigenvalue weighted by molar-refractivity contribution is 0.625. The molecule has 0 aromatic carbocycles. The molecule has 0 radical (unpaired) electrons. The summed E-state index contributed by atoms with van der Waals surface area (Å²) in [6.07, 6.45) is 6.15. The molecule has 0 aromatic heterocycles. The topological polar surface area (TPSA) is 29.1 Å². The number of thioether (sulfide) groups is 1. The van der Waals surface area contributed by atoms with Crippen molar-refractivity contribution in [1.29, 1.82) is 0 Å². The van der Waals surface area contributed by atoms with Crippen molar-refractivity contribution >= 4 is 22.6 Å². The third-order valence-electron chi connectivity index (χ3n) is 2.00. The van der Waals surface area contributed by atoms with Crippen LogP contribution in [0.4, 0.5) is 0 Å². The van der Waals surface area contributed by atoms with Crippen molar-refractivity contribution in [1.82, 2.24) is 5.32 Å². The third kappa shape index (κ3) is 8.78. The van der Waals surface area contributed by atoms with E-state index in [2.05, 4.69) is 11.6 Å². The Morgan fingerprint density at radius 3 is 2.69 bits per heavy atom. The van der Waals surface area contributed by atoms with E-state index in [-0.39, 0.29) is 0 Å². The summed E-state index contributed by atoms with van der Waals surface area (Å²) in [5, 5.41) is 3.69. The Morgan fingerprint density at radius 1 is 1.46 bits per heavy atom. The van der Waals surface area contributed by atoms with Gasteiger partial charge in [0.05, 0.1) is 0 Å². The van der Waals surface area contributed by atoms with Gasteiger partial charge in [0.2, 0.25) is 0 Å². The van der Waals surface area contributed by atoms with E-state index in [0.29, 0.717) is 5.25 Å². The molecule has 4 heteroatoms. The second kappa shape index (κ2) is 9.03. The van der Waals surface area contributed by atoms with E-state index in [0.717, 1.165) is 19.5 Å². The largest absolute Gasteiger partial charge is 0.317 e. The fourth-order valence-electron chi connectivity index (χ4n) is 0.938. The lowest BCUT2D eigenvalue weighted by Crippen LogP contribution is -2.22. The van der Waals surface area contributed by atoms with Crippen LogP contribution in [0.3, 0.4) is 0 Å². The van der Waals surface area contributed by atoms with Gasteiger partial charge in [-0.2, -0.15) is 11.8 Å². The van der Waals surface area contributed by atoms with E-state index in [9.17, 15) is 4.21 Å². The molecule has 2 atom stereocenters. The zero-order valence-corrected chi connectivity index (χ0v) is 10.5. The lowest BCUT2D eigenvalue weighted by Gasteiger charge is -2.08. The summed E-state index contributed by atoms with van der Waals surface area (Å²) in [6, 6.07) is 0. The van der Waals surface area contributed by atoms with Crippen molar-refractivity contribution in [3.63, 3.8) is 0 Å². The van der Waals surface area contributed by atoms with Crippen molar-refractivity contribution in [3.05, 3.63) is 0 Å². The molecule has 2 nitrogen and oxygen atoms in total. The van der Waals surface area contributed by atoms with E-state index >= 15 is 0 Å². The quantitative estimate of drug-likeness (QED) is 0.632. The highest BCUT2D eigenvalue weighted by molar-refractivity contribution is 7.98. The van der Waals surface area contributed by atoms with Crippen LogP contribution in [0.2, 0.25) is 0 Å². The van der Waals surface area contributed by atoms with Gasteiger partial charge in [0.15, 0.2) is 0 Å². The zero-order valence-electron chi connectivity index (χ0n) is 8.84. The van der Waals surface area contributed by atoms with Gasteiger partial charge in [0.1, 0.15) is 0 Å². The van der Waals surface area contributed by atoms with Gasteiger partial charge in [-0.05, 0) is 37.9 Å². The van der Waals surface area contributed by atoms with Gasteiger partial charge in [-0.3, -0.25) is 4.21 Å². The van der Waals surface area contributed by atoms with Gasteiger partial charge in [0, 0.05) is 22.3 Å². The minimum atomic E-state index is -0.663. The highest BCUT2D eigenvalue weighted by Crippen LogP contribution is 1.97. The molecule has 0 fully saturated rings. The highest BCUT2D eigenvalue weighted by Gasteiger charge is 2.04. The van der Waals surface area contributed by atoms with Gasteiger partial charge in [0.25, 0.3) is 0 Å². The molecular weight excluding hydrogens is 202 g/mol. The molecule has 0 spiro atoms. The fraction of sp³-hybridized carbons (Fsp3) is 1.00. The molecule has 0 rings (SSSR count). The number of rotatable bonds is 8. The van der Waals surface area contributed by atoms with Gasteiger partial charge >= 0.3 is 0 Å². The third-order valence-corrected chi connectivity index (χ3v) is 4.06. The normalized spacial score (nSPS) is 15.6. The Kier molecular flexibility index (Phi) is 9.35. The predicted octanol–water partition coefficient (Wildman–Crippen LogP) is 1.49. The van der Waals surface area contributed by atoms with Crippen molar-refractivity contribution in [2.75, 3.05) is 31.4 Å². The van der Waals surface area contributed by atoms with E-state index in [4.69, 9.17) is 0 Å². The number of hydrogen-bond acceptors (Lipinski definition) is 3. The second-order valence-corrected chi connectivity index (χ2v) is 5.98. The lowest BCUT2D eigenvalue weighted by atomic mass is 10.3. The number of nitrogens with one attached hydrogen (secondary N) is 1. The summed E-state index contributed by atoms with van der Waals surface area (Å²) in [5.74, 6) is 1.22. The molecule has 0 aliphatic carbocycles. The maximum Gasteiger partial charge on any atom is 0.0329 e. The summed E-state index contributed by atoms with van der Waals surface area (Å²) in [4.78, 5) is 0. The monoisotopic (exact) mass is 223 g/mol. The Balaban J connectivity index is 3.11. The van der Waals surface area contributed by atoms with Gasteiger partial charge in [-0.1, -0.05) is 6.92 Å². The molecule has 0 heterocycles. The summed E-state index contributed by atoms with van der Waals surface area (Å²) in [7, 11) is -0.663. The van der Waals surface area contributed by atoms with Crippen LogP contribution in [0.25, 0.3) is 0 Å². The smallest absolute Gasteiger partial charge is 0.0329 e. The fourth-order valence-corrected chi connectivity index (χ4v) is 1.82. The molecule has 0 bridgehead atoms. The van der Waals surface area contributed by atoms with Crippen LogP contribution in [-0.4, -0.2) is 40.8 Å². The maximum atomic E-state index is 11.0. The Labute approximate surface area is 88.7 Å². The Morgan fingerprint density at radius 2 is 2.15 bits per heavy atom. The summed E-state index contributed by atoms with van der Waals surface area (Å²) in [6.45, 7) is 4.12. The van der Waals surface area contributed by atoms with E-state index in [1.165, 1.54) is 12.2 Å². The molecule has 1 N–H and O–H groups in total.